The van der Waals surface area contributed by atoms with Gasteiger partial charge in [-0.1, -0.05) is 13.0 Å². The number of rotatable bonds is 4. The molecule has 0 spiro atoms. The van der Waals surface area contributed by atoms with E-state index in [4.69, 9.17) is 0 Å². The molecule has 13 heavy (non-hydrogen) atoms. The largest absolute Gasteiger partial charge is 0.388 e. The van der Waals surface area contributed by atoms with Crippen LogP contribution in [0.2, 0.25) is 0 Å². The van der Waals surface area contributed by atoms with Crippen LogP contribution in [0, 0.1) is 0 Å². The van der Waals surface area contributed by atoms with Gasteiger partial charge in [-0.2, -0.15) is 0 Å². The summed E-state index contributed by atoms with van der Waals surface area (Å²) in [5.41, 5.74) is 0.976. The minimum atomic E-state index is -1.09. The number of anilines is 1. The first-order valence-corrected chi connectivity index (χ1v) is 5.36. The Morgan fingerprint density at radius 2 is 2.23 bits per heavy atom. The Morgan fingerprint density at radius 3 is 2.85 bits per heavy atom. The number of hydrogen-bond acceptors (Lipinski definition) is 2. The summed E-state index contributed by atoms with van der Waals surface area (Å²) in [6.07, 6.45) is 0. The highest BCUT2D eigenvalue weighted by molar-refractivity contribution is 7.83. The summed E-state index contributed by atoms with van der Waals surface area (Å²) < 4.78 is 14.3. The summed E-state index contributed by atoms with van der Waals surface area (Å²) >= 11 is 0. The molecule has 0 fully saturated rings. The van der Waals surface area contributed by atoms with Crippen LogP contribution in [0.5, 0.6) is 0 Å². The number of benzene rings is 1. The zero-order valence-corrected chi connectivity index (χ0v) is 8.65. The second-order valence-electron chi connectivity index (χ2n) is 2.54. The van der Waals surface area contributed by atoms with E-state index in [1.165, 1.54) is 0 Å². The van der Waals surface area contributed by atoms with Gasteiger partial charge in [-0.05, 0) is 18.2 Å². The molecule has 0 aromatic heterocycles. The predicted molar refractivity (Wildman–Crippen MR) is 56.1 cm³/mol. The second kappa shape index (κ2) is 4.99. The first kappa shape index (κ1) is 10.2. The molecule has 0 radical (unpaired) electrons. The van der Waals surface area contributed by atoms with Crippen LogP contribution in [-0.4, -0.2) is 17.8 Å². The SMILES string of the molecule is CCNS(=O)c1cccc(NC)c1. The average Bonchev–Trinajstić information content (AvgIpc) is 2.18. The first-order valence-electron chi connectivity index (χ1n) is 4.21. The van der Waals surface area contributed by atoms with Gasteiger partial charge in [-0.25, -0.2) is 8.93 Å². The molecule has 0 saturated heterocycles. The Hall–Kier alpha value is -0.870. The Morgan fingerprint density at radius 1 is 1.46 bits per heavy atom. The summed E-state index contributed by atoms with van der Waals surface area (Å²) in [7, 11) is 0.757. The third kappa shape index (κ3) is 2.82. The second-order valence-corrected chi connectivity index (χ2v) is 3.84. The van der Waals surface area contributed by atoms with Crippen molar-refractivity contribution in [3.63, 3.8) is 0 Å². The quantitative estimate of drug-likeness (QED) is 0.767. The maximum atomic E-state index is 11.5. The van der Waals surface area contributed by atoms with Crippen LogP contribution in [0.3, 0.4) is 0 Å². The highest BCUT2D eigenvalue weighted by atomic mass is 32.2. The van der Waals surface area contributed by atoms with Crippen LogP contribution >= 0.6 is 0 Å². The third-order valence-electron chi connectivity index (χ3n) is 1.61. The lowest BCUT2D eigenvalue weighted by molar-refractivity contribution is 0.674. The summed E-state index contributed by atoms with van der Waals surface area (Å²) in [5.74, 6) is 0. The van der Waals surface area contributed by atoms with Crippen molar-refractivity contribution >= 4 is 16.7 Å². The smallest absolute Gasteiger partial charge is 0.124 e. The minimum Gasteiger partial charge on any atom is -0.388 e. The molecule has 4 heteroatoms. The molecule has 1 atom stereocenters. The molecule has 0 bridgehead atoms. The summed E-state index contributed by atoms with van der Waals surface area (Å²) in [5, 5.41) is 3.00. The molecule has 0 amide bonds. The van der Waals surface area contributed by atoms with E-state index in [0.29, 0.717) is 6.54 Å². The summed E-state index contributed by atoms with van der Waals surface area (Å²) in [6, 6.07) is 7.54. The van der Waals surface area contributed by atoms with E-state index >= 15 is 0 Å². The van der Waals surface area contributed by atoms with Crippen molar-refractivity contribution < 1.29 is 4.21 Å². The Bertz CT molecular complexity index is 301. The maximum Gasteiger partial charge on any atom is 0.124 e. The molecule has 2 N–H and O–H groups in total. The standard InChI is InChI=1S/C9H14N2OS/c1-3-11-13(12)9-6-4-5-8(7-9)10-2/h4-7,10-11H,3H2,1-2H3. The fourth-order valence-corrected chi connectivity index (χ4v) is 1.85. The first-order chi connectivity index (χ1) is 6.27. The molecule has 1 aromatic rings. The van der Waals surface area contributed by atoms with Crippen LogP contribution in [0.4, 0.5) is 5.69 Å². The highest BCUT2D eigenvalue weighted by Gasteiger charge is 2.01. The highest BCUT2D eigenvalue weighted by Crippen LogP contribution is 2.11. The molecular weight excluding hydrogens is 184 g/mol. The summed E-state index contributed by atoms with van der Waals surface area (Å²) in [6.45, 7) is 2.64. The van der Waals surface area contributed by atoms with Gasteiger partial charge in [-0.15, -0.1) is 0 Å². The Labute approximate surface area is 81.1 Å². The third-order valence-corrected chi connectivity index (χ3v) is 2.85. The predicted octanol–water partition coefficient (Wildman–Crippen LogP) is 1.36. The van der Waals surface area contributed by atoms with Crippen molar-refractivity contribution in [3.05, 3.63) is 24.3 Å². The lowest BCUT2D eigenvalue weighted by atomic mass is 10.3. The molecule has 1 aromatic carbocycles. The van der Waals surface area contributed by atoms with Crippen molar-refractivity contribution in [2.24, 2.45) is 0 Å². The normalized spacial score (nSPS) is 12.5. The molecule has 1 unspecified atom stereocenters. The zero-order valence-electron chi connectivity index (χ0n) is 7.83. The molecule has 0 saturated carbocycles. The van der Waals surface area contributed by atoms with Gasteiger partial charge in [-0.3, -0.25) is 0 Å². The van der Waals surface area contributed by atoms with Gasteiger partial charge < -0.3 is 5.32 Å². The van der Waals surface area contributed by atoms with Crippen molar-refractivity contribution in [3.8, 4) is 0 Å². The number of hydrogen-bond donors (Lipinski definition) is 2. The van der Waals surface area contributed by atoms with Crippen molar-refractivity contribution in [1.29, 1.82) is 0 Å². The van der Waals surface area contributed by atoms with Crippen LogP contribution in [0.15, 0.2) is 29.2 Å². The molecule has 0 aliphatic heterocycles. The van der Waals surface area contributed by atoms with Gasteiger partial charge in [0.1, 0.15) is 11.0 Å². The molecule has 0 aliphatic rings. The van der Waals surface area contributed by atoms with Gasteiger partial charge in [0.2, 0.25) is 0 Å². The van der Waals surface area contributed by atoms with Crippen LogP contribution in [0.25, 0.3) is 0 Å². The minimum absolute atomic E-state index is 0.705. The molecule has 0 aliphatic carbocycles. The van der Waals surface area contributed by atoms with Gasteiger partial charge in [0.05, 0.1) is 4.90 Å². The molecule has 72 valence electrons. The Balaban J connectivity index is 2.82. The van der Waals surface area contributed by atoms with Gasteiger partial charge >= 0.3 is 0 Å². The number of nitrogens with one attached hydrogen (secondary N) is 2. The average molecular weight is 198 g/mol. The zero-order chi connectivity index (χ0) is 9.68. The summed E-state index contributed by atoms with van der Waals surface area (Å²) in [4.78, 5) is 0.800. The van der Waals surface area contributed by atoms with Crippen LogP contribution in [0.1, 0.15) is 6.92 Å². The molecule has 0 heterocycles. The molecule has 1 rings (SSSR count). The lowest BCUT2D eigenvalue weighted by Crippen LogP contribution is -2.16. The van der Waals surface area contributed by atoms with Gasteiger partial charge in [0.15, 0.2) is 0 Å². The molecular formula is C9H14N2OS. The fourth-order valence-electron chi connectivity index (χ4n) is 0.981. The lowest BCUT2D eigenvalue weighted by Gasteiger charge is -2.04. The van der Waals surface area contributed by atoms with E-state index < -0.39 is 11.0 Å². The fraction of sp³-hybridized carbons (Fsp3) is 0.333. The van der Waals surface area contributed by atoms with Crippen LogP contribution in [-0.2, 0) is 11.0 Å². The monoisotopic (exact) mass is 198 g/mol. The van der Waals surface area contributed by atoms with E-state index in [9.17, 15) is 4.21 Å². The maximum absolute atomic E-state index is 11.5. The van der Waals surface area contributed by atoms with Gasteiger partial charge in [0.25, 0.3) is 0 Å². The van der Waals surface area contributed by atoms with Crippen molar-refractivity contribution in [2.45, 2.75) is 11.8 Å². The van der Waals surface area contributed by atoms with E-state index in [2.05, 4.69) is 10.0 Å². The van der Waals surface area contributed by atoms with E-state index in [-0.39, 0.29) is 0 Å². The van der Waals surface area contributed by atoms with Crippen molar-refractivity contribution in [2.75, 3.05) is 18.9 Å². The van der Waals surface area contributed by atoms with Crippen LogP contribution < -0.4 is 10.0 Å². The topological polar surface area (TPSA) is 41.1 Å². The van der Waals surface area contributed by atoms with Gasteiger partial charge in [0, 0.05) is 19.3 Å². The van der Waals surface area contributed by atoms with E-state index in [0.717, 1.165) is 10.6 Å². The van der Waals surface area contributed by atoms with Crippen molar-refractivity contribution in [1.82, 2.24) is 4.72 Å². The van der Waals surface area contributed by atoms with E-state index in [1.807, 2.05) is 38.2 Å². The van der Waals surface area contributed by atoms with E-state index in [1.54, 1.807) is 0 Å². The Kier molecular flexibility index (Phi) is 3.92. The molecule has 3 nitrogen and oxygen atoms in total.